The van der Waals surface area contributed by atoms with E-state index in [1.807, 2.05) is 31.2 Å². The Hall–Kier alpha value is -3.89. The van der Waals surface area contributed by atoms with E-state index < -0.39 is 15.9 Å². The van der Waals surface area contributed by atoms with Crippen molar-refractivity contribution >= 4 is 33.2 Å². The number of anilines is 2. The first kappa shape index (κ1) is 29.1. The van der Waals surface area contributed by atoms with Gasteiger partial charge in [0, 0.05) is 30.9 Å². The molecule has 4 rings (SSSR count). The summed E-state index contributed by atoms with van der Waals surface area (Å²) in [7, 11) is -3.61. The number of hydrogen-bond donors (Lipinski definition) is 1. The molecule has 9 nitrogen and oxygen atoms in total. The zero-order chi connectivity index (χ0) is 28.7. The highest BCUT2D eigenvalue weighted by molar-refractivity contribution is 7.89. The molecule has 3 aromatic carbocycles. The van der Waals surface area contributed by atoms with Crippen LogP contribution in [0.2, 0.25) is 0 Å². The summed E-state index contributed by atoms with van der Waals surface area (Å²) in [6.45, 7) is 7.31. The van der Waals surface area contributed by atoms with Crippen molar-refractivity contribution in [3.05, 3.63) is 77.9 Å². The minimum absolute atomic E-state index is 0.0404. The number of amides is 2. The van der Waals surface area contributed by atoms with Gasteiger partial charge in [-0.15, -0.1) is 0 Å². The third-order valence-corrected chi connectivity index (χ3v) is 8.75. The third kappa shape index (κ3) is 6.81. The molecule has 0 bridgehead atoms. The van der Waals surface area contributed by atoms with E-state index in [0.717, 1.165) is 18.6 Å². The predicted molar refractivity (Wildman–Crippen MR) is 155 cm³/mol. The molecule has 0 saturated heterocycles. The first-order chi connectivity index (χ1) is 19.2. The molecular weight excluding hydrogens is 530 g/mol. The molecule has 0 spiro atoms. The third-order valence-electron chi connectivity index (χ3n) is 6.69. The monoisotopic (exact) mass is 565 g/mol. The molecule has 0 unspecified atom stereocenters. The lowest BCUT2D eigenvalue weighted by atomic mass is 10.1. The largest absolute Gasteiger partial charge is 0.494 e. The Balaban J connectivity index is 1.38. The van der Waals surface area contributed by atoms with E-state index >= 15 is 0 Å². The van der Waals surface area contributed by atoms with E-state index in [1.165, 1.54) is 34.1 Å². The highest BCUT2D eigenvalue weighted by atomic mass is 32.2. The SMILES string of the molecule is CCN(CC)S(=O)(=O)c1ccc(C(=O)Nc2ccc3c(c2)N(CCCCOc2ccc(C)cc2)C(=O)CO3)cc1. The Bertz CT molecular complexity index is 1440. The fourth-order valence-electron chi connectivity index (χ4n) is 4.42. The maximum atomic E-state index is 12.9. The van der Waals surface area contributed by atoms with E-state index in [4.69, 9.17) is 9.47 Å². The normalized spacial score (nSPS) is 13.1. The second-order valence-electron chi connectivity index (χ2n) is 9.45. The van der Waals surface area contributed by atoms with Crippen molar-refractivity contribution in [3.8, 4) is 11.5 Å². The maximum Gasteiger partial charge on any atom is 0.265 e. The van der Waals surface area contributed by atoms with Crippen LogP contribution in [0, 0.1) is 6.92 Å². The molecule has 212 valence electrons. The molecule has 0 fully saturated rings. The second-order valence-corrected chi connectivity index (χ2v) is 11.4. The number of aryl methyl sites for hydroxylation is 1. The van der Waals surface area contributed by atoms with E-state index in [9.17, 15) is 18.0 Å². The molecule has 10 heteroatoms. The summed E-state index contributed by atoms with van der Waals surface area (Å²) in [5, 5.41) is 2.83. The quantitative estimate of drug-likeness (QED) is 0.315. The summed E-state index contributed by atoms with van der Waals surface area (Å²) in [4.78, 5) is 27.4. The molecule has 3 aromatic rings. The van der Waals surface area contributed by atoms with Gasteiger partial charge in [0.05, 0.1) is 17.2 Å². The van der Waals surface area contributed by atoms with Gasteiger partial charge in [0.1, 0.15) is 11.5 Å². The highest BCUT2D eigenvalue weighted by Gasteiger charge is 2.26. The number of benzene rings is 3. The summed E-state index contributed by atoms with van der Waals surface area (Å²) in [6, 6.07) is 18.9. The van der Waals surface area contributed by atoms with Crippen molar-refractivity contribution in [2.45, 2.75) is 38.5 Å². The summed E-state index contributed by atoms with van der Waals surface area (Å²) >= 11 is 0. The van der Waals surface area contributed by atoms with Crippen LogP contribution in [0.5, 0.6) is 11.5 Å². The topological polar surface area (TPSA) is 105 Å². The first-order valence-corrected chi connectivity index (χ1v) is 14.8. The average molecular weight is 566 g/mol. The lowest BCUT2D eigenvalue weighted by Gasteiger charge is -2.30. The Morgan fingerprint density at radius 1 is 1.00 bits per heavy atom. The molecule has 1 aliphatic heterocycles. The van der Waals surface area contributed by atoms with Gasteiger partial charge in [0.15, 0.2) is 6.61 Å². The van der Waals surface area contributed by atoms with Crippen molar-refractivity contribution in [1.29, 1.82) is 0 Å². The Kier molecular flexibility index (Phi) is 9.44. The second kappa shape index (κ2) is 13.0. The zero-order valence-electron chi connectivity index (χ0n) is 23.1. The number of nitrogens with one attached hydrogen (secondary N) is 1. The fourth-order valence-corrected chi connectivity index (χ4v) is 5.87. The van der Waals surface area contributed by atoms with Crippen molar-refractivity contribution in [2.24, 2.45) is 0 Å². The summed E-state index contributed by atoms with van der Waals surface area (Å²) in [5.74, 6) is 0.841. The summed E-state index contributed by atoms with van der Waals surface area (Å²) in [5.41, 5.74) is 2.57. The molecule has 2 amide bonds. The van der Waals surface area contributed by atoms with Crippen LogP contribution >= 0.6 is 0 Å². The van der Waals surface area contributed by atoms with Crippen molar-refractivity contribution < 1.29 is 27.5 Å². The van der Waals surface area contributed by atoms with Gasteiger partial charge in [-0.2, -0.15) is 4.31 Å². The Morgan fingerprint density at radius 3 is 2.38 bits per heavy atom. The lowest BCUT2D eigenvalue weighted by Crippen LogP contribution is -2.39. The number of sulfonamides is 1. The number of nitrogens with zero attached hydrogens (tertiary/aromatic N) is 2. The van der Waals surface area contributed by atoms with Gasteiger partial charge in [-0.25, -0.2) is 8.42 Å². The van der Waals surface area contributed by atoms with Crippen LogP contribution in [0.1, 0.15) is 42.6 Å². The van der Waals surface area contributed by atoms with Gasteiger partial charge in [0.2, 0.25) is 10.0 Å². The lowest BCUT2D eigenvalue weighted by molar-refractivity contribution is -0.121. The minimum atomic E-state index is -3.61. The smallest absolute Gasteiger partial charge is 0.265 e. The molecule has 0 saturated carbocycles. The number of carbonyl (C=O) groups excluding carboxylic acids is 2. The van der Waals surface area contributed by atoms with Gasteiger partial charge >= 0.3 is 0 Å². The molecular formula is C30H35N3O6S. The van der Waals surface area contributed by atoms with Crippen LogP contribution in [0.4, 0.5) is 11.4 Å². The average Bonchev–Trinajstić information content (AvgIpc) is 2.95. The van der Waals surface area contributed by atoms with E-state index in [1.54, 1.807) is 36.9 Å². The van der Waals surface area contributed by atoms with Gasteiger partial charge < -0.3 is 19.7 Å². The maximum absolute atomic E-state index is 12.9. The summed E-state index contributed by atoms with van der Waals surface area (Å²) in [6.07, 6.45) is 1.50. The molecule has 0 atom stereocenters. The van der Waals surface area contributed by atoms with Crippen LogP contribution in [0.25, 0.3) is 0 Å². The highest BCUT2D eigenvalue weighted by Crippen LogP contribution is 2.35. The van der Waals surface area contributed by atoms with Crippen LogP contribution in [-0.2, 0) is 14.8 Å². The number of carbonyl (C=O) groups is 2. The van der Waals surface area contributed by atoms with Gasteiger partial charge in [0.25, 0.3) is 11.8 Å². The Morgan fingerprint density at radius 2 is 1.70 bits per heavy atom. The van der Waals surface area contributed by atoms with E-state index in [2.05, 4.69) is 5.32 Å². The van der Waals surface area contributed by atoms with Crippen molar-refractivity contribution in [1.82, 2.24) is 4.31 Å². The molecule has 0 aromatic heterocycles. The number of fused-ring (bicyclic) bond motifs is 1. The number of rotatable bonds is 12. The predicted octanol–water partition coefficient (Wildman–Crippen LogP) is 4.86. The Labute approximate surface area is 235 Å². The standard InChI is InChI=1S/C30H35N3O6S/c1-4-32(5-2)40(36,37)26-15-10-23(11-16-26)30(35)31-24-12-17-28-27(20-24)33(29(34)21-39-28)18-6-7-19-38-25-13-8-22(3)9-14-25/h8-17,20H,4-7,18-19,21H2,1-3H3,(H,31,35). The minimum Gasteiger partial charge on any atom is -0.494 e. The molecule has 0 radical (unpaired) electrons. The number of unbranched alkanes of at least 4 members (excludes halogenated alkanes) is 1. The molecule has 1 N–H and O–H groups in total. The van der Waals surface area contributed by atoms with Crippen LogP contribution in [-0.4, -0.2) is 57.4 Å². The van der Waals surface area contributed by atoms with Crippen molar-refractivity contribution in [2.75, 3.05) is 43.1 Å². The molecule has 1 aliphatic rings. The zero-order valence-corrected chi connectivity index (χ0v) is 23.9. The summed E-state index contributed by atoms with van der Waals surface area (Å²) < 4.78 is 38.2. The number of hydrogen-bond acceptors (Lipinski definition) is 6. The van der Waals surface area contributed by atoms with Crippen LogP contribution in [0.3, 0.4) is 0 Å². The number of ether oxygens (including phenoxy) is 2. The van der Waals surface area contributed by atoms with Gasteiger partial charge in [-0.3, -0.25) is 9.59 Å². The van der Waals surface area contributed by atoms with E-state index in [0.29, 0.717) is 48.9 Å². The molecule has 1 heterocycles. The first-order valence-electron chi connectivity index (χ1n) is 13.4. The van der Waals surface area contributed by atoms with Gasteiger partial charge in [-0.1, -0.05) is 31.5 Å². The molecule has 40 heavy (non-hydrogen) atoms. The molecule has 0 aliphatic carbocycles. The van der Waals surface area contributed by atoms with Crippen molar-refractivity contribution in [3.63, 3.8) is 0 Å². The fraction of sp³-hybridized carbons (Fsp3) is 0.333. The van der Waals surface area contributed by atoms with Crippen LogP contribution in [0.15, 0.2) is 71.6 Å². The van der Waals surface area contributed by atoms with E-state index in [-0.39, 0.29) is 17.4 Å². The van der Waals surface area contributed by atoms with Crippen LogP contribution < -0.4 is 19.7 Å². The van der Waals surface area contributed by atoms with Gasteiger partial charge in [-0.05, 0) is 74.4 Å².